The number of piperazine rings is 1. The Bertz CT molecular complexity index is 1850. The fourth-order valence-electron chi connectivity index (χ4n) is 9.47. The largest absolute Gasteiger partial charge is 0.264 e. The van der Waals surface area contributed by atoms with Crippen molar-refractivity contribution in [3.05, 3.63) is 181 Å². The minimum Gasteiger partial charge on any atom is -0.264 e. The average molecular weight is 715 g/mol. The molecule has 12 nitrogen and oxygen atoms in total. The van der Waals surface area contributed by atoms with Crippen molar-refractivity contribution in [2.75, 3.05) is 0 Å². The molecule has 5 saturated heterocycles. The van der Waals surface area contributed by atoms with Crippen LogP contribution in [-0.4, -0.2) is 96.3 Å². The van der Waals surface area contributed by atoms with E-state index in [0.717, 1.165) is 39.3 Å². The minimum absolute atomic E-state index is 0.0130. The molecular weight excluding hydrogens is 673 g/mol. The summed E-state index contributed by atoms with van der Waals surface area (Å²) in [6.07, 6.45) is 23.6. The van der Waals surface area contributed by atoms with Gasteiger partial charge in [0.15, 0.2) is 0 Å². The summed E-state index contributed by atoms with van der Waals surface area (Å²) in [6.45, 7) is 4.52. The highest BCUT2D eigenvalue weighted by molar-refractivity contribution is 5.26. The Balaban J connectivity index is 1.21. The highest BCUT2D eigenvalue weighted by Crippen LogP contribution is 2.53. The van der Waals surface area contributed by atoms with Gasteiger partial charge in [-0.05, 0) is 69.8 Å². The van der Waals surface area contributed by atoms with Gasteiger partial charge in [0.05, 0.1) is 37.0 Å². The van der Waals surface area contributed by atoms with E-state index in [-0.39, 0.29) is 37.0 Å². The number of hydrogen-bond donors (Lipinski definition) is 0. The Morgan fingerprint density at radius 3 is 0.574 bits per heavy atom. The summed E-state index contributed by atoms with van der Waals surface area (Å²) in [7, 11) is 0. The van der Waals surface area contributed by atoms with E-state index < -0.39 is 0 Å². The lowest BCUT2D eigenvalue weighted by Gasteiger charge is -2.56. The zero-order chi connectivity index (χ0) is 35.8. The molecular formula is C42H42N12. The van der Waals surface area contributed by atoms with Gasteiger partial charge in [-0.2, -0.15) is 0 Å². The van der Waals surface area contributed by atoms with Crippen LogP contribution in [0.25, 0.3) is 0 Å². The van der Waals surface area contributed by atoms with E-state index in [9.17, 15) is 0 Å². The van der Waals surface area contributed by atoms with E-state index in [4.69, 9.17) is 0 Å². The van der Waals surface area contributed by atoms with Crippen molar-refractivity contribution in [2.24, 2.45) is 0 Å². The van der Waals surface area contributed by atoms with Gasteiger partial charge in [0.1, 0.15) is 0 Å². The molecule has 11 heterocycles. The average Bonchev–Trinajstić information content (AvgIpc) is 3.64. The molecule has 6 aromatic rings. The number of aromatic nitrogens is 6. The summed E-state index contributed by atoms with van der Waals surface area (Å²) in [4.78, 5) is 44.1. The molecule has 0 unspecified atom stereocenters. The SMILES string of the molecule is c1cncc(CN2C3C4N(Cc5cccnc5)C2C2N(Cc5cccnc5)C(C(N2Cc2cccnc2)N4Cc2cccnc2)N3Cc2cccnc2)c1. The van der Waals surface area contributed by atoms with E-state index >= 15 is 0 Å². The fourth-order valence-corrected chi connectivity index (χ4v) is 9.47. The predicted octanol–water partition coefficient (Wildman–Crippen LogP) is 4.38. The maximum Gasteiger partial charge on any atom is 0.0955 e. The molecule has 0 aliphatic carbocycles. The molecule has 0 aromatic carbocycles. The lowest BCUT2D eigenvalue weighted by Crippen LogP contribution is -2.73. The first-order chi connectivity index (χ1) is 26.8. The molecule has 11 rings (SSSR count). The first-order valence-corrected chi connectivity index (χ1v) is 18.7. The van der Waals surface area contributed by atoms with Crippen LogP contribution < -0.4 is 0 Å². The monoisotopic (exact) mass is 714 g/mol. The zero-order valence-corrected chi connectivity index (χ0v) is 29.9. The van der Waals surface area contributed by atoms with Gasteiger partial charge in [-0.1, -0.05) is 36.4 Å². The molecule has 0 atom stereocenters. The van der Waals surface area contributed by atoms with Gasteiger partial charge >= 0.3 is 0 Å². The first-order valence-electron chi connectivity index (χ1n) is 18.7. The Morgan fingerprint density at radius 1 is 0.278 bits per heavy atom. The van der Waals surface area contributed by atoms with Crippen LogP contribution in [0, 0.1) is 0 Å². The third kappa shape index (κ3) is 6.06. The highest BCUT2D eigenvalue weighted by atomic mass is 15.8. The van der Waals surface area contributed by atoms with Crippen molar-refractivity contribution < 1.29 is 0 Å². The Hall–Kier alpha value is -5.34. The third-order valence-corrected chi connectivity index (χ3v) is 11.4. The normalized spacial score (nSPS) is 25.8. The summed E-state index contributed by atoms with van der Waals surface area (Å²) >= 11 is 0. The summed E-state index contributed by atoms with van der Waals surface area (Å²) in [5, 5.41) is 0. The molecule has 270 valence electrons. The van der Waals surface area contributed by atoms with Crippen molar-refractivity contribution >= 4 is 0 Å². The maximum absolute atomic E-state index is 4.59. The zero-order valence-electron chi connectivity index (χ0n) is 29.9. The van der Waals surface area contributed by atoms with E-state index in [1.165, 1.54) is 33.4 Å². The molecule has 54 heavy (non-hydrogen) atoms. The lowest BCUT2D eigenvalue weighted by molar-refractivity contribution is -0.166. The lowest BCUT2D eigenvalue weighted by atomic mass is 10.0. The summed E-state index contributed by atoms with van der Waals surface area (Å²) in [5.41, 5.74) is 7.18. The number of pyridine rings is 6. The van der Waals surface area contributed by atoms with Gasteiger partial charge in [-0.15, -0.1) is 0 Å². The van der Waals surface area contributed by atoms with Crippen LogP contribution in [0.4, 0.5) is 0 Å². The number of rotatable bonds is 12. The van der Waals surface area contributed by atoms with Crippen LogP contribution in [0.3, 0.4) is 0 Å². The smallest absolute Gasteiger partial charge is 0.0955 e. The van der Waals surface area contributed by atoms with Crippen molar-refractivity contribution in [3.63, 3.8) is 0 Å². The molecule has 6 bridgehead atoms. The topological polar surface area (TPSA) is 96.8 Å². The summed E-state index contributed by atoms with van der Waals surface area (Å²) in [6, 6.07) is 25.6. The molecule has 0 saturated carbocycles. The second-order valence-electron chi connectivity index (χ2n) is 14.7. The molecule has 0 N–H and O–H groups in total. The van der Waals surface area contributed by atoms with E-state index in [2.05, 4.69) is 132 Å². The Kier molecular flexibility index (Phi) is 8.91. The molecule has 5 fully saturated rings. The van der Waals surface area contributed by atoms with Gasteiger partial charge in [-0.25, -0.2) is 0 Å². The van der Waals surface area contributed by atoms with Gasteiger partial charge in [0.25, 0.3) is 0 Å². The van der Waals surface area contributed by atoms with Crippen molar-refractivity contribution in [2.45, 2.75) is 76.3 Å². The molecule has 0 spiro atoms. The van der Waals surface area contributed by atoms with Gasteiger partial charge in [0, 0.05) is 114 Å². The maximum atomic E-state index is 4.59. The summed E-state index contributed by atoms with van der Waals surface area (Å²) < 4.78 is 0. The van der Waals surface area contributed by atoms with E-state index in [1.54, 1.807) is 0 Å². The van der Waals surface area contributed by atoms with Crippen LogP contribution in [-0.2, 0) is 39.3 Å². The molecule has 5 aliphatic heterocycles. The van der Waals surface area contributed by atoms with Crippen LogP contribution in [0.5, 0.6) is 0 Å². The third-order valence-electron chi connectivity index (χ3n) is 11.4. The van der Waals surface area contributed by atoms with Gasteiger partial charge in [-0.3, -0.25) is 59.3 Å². The number of nitrogens with zero attached hydrogens (tertiary/aromatic N) is 12. The van der Waals surface area contributed by atoms with Gasteiger partial charge < -0.3 is 0 Å². The quantitative estimate of drug-likeness (QED) is 0.180. The molecule has 12 heteroatoms. The number of hydrogen-bond acceptors (Lipinski definition) is 12. The van der Waals surface area contributed by atoms with Crippen LogP contribution in [0.15, 0.2) is 147 Å². The van der Waals surface area contributed by atoms with Crippen molar-refractivity contribution in [1.82, 2.24) is 59.3 Å². The van der Waals surface area contributed by atoms with Crippen LogP contribution in [0.1, 0.15) is 33.4 Å². The molecule has 5 aliphatic rings. The van der Waals surface area contributed by atoms with Crippen molar-refractivity contribution in [3.8, 4) is 0 Å². The van der Waals surface area contributed by atoms with E-state index in [0.29, 0.717) is 0 Å². The second kappa shape index (κ2) is 14.5. The Labute approximate surface area is 315 Å². The summed E-state index contributed by atoms with van der Waals surface area (Å²) in [5.74, 6) is 0. The standard InChI is InChI=1S/C42H42N12/c1-7-31(19-43-13-1)25-49-37-38-50(26-32-8-2-14-44-20-32)41(49)42-51(27-33-9-3-15-45-21-33)39(53(37)29-35-11-5-17-47-23-35)40(52(42)28-34-10-4-16-46-22-34)54(38)30-36-12-6-18-48-24-36/h1-24,37-42H,25-30H2. The van der Waals surface area contributed by atoms with Crippen molar-refractivity contribution in [1.29, 1.82) is 0 Å². The van der Waals surface area contributed by atoms with Crippen LogP contribution >= 0.6 is 0 Å². The van der Waals surface area contributed by atoms with Gasteiger partial charge in [0.2, 0.25) is 0 Å². The second-order valence-corrected chi connectivity index (χ2v) is 14.7. The molecule has 6 aromatic heterocycles. The molecule has 0 radical (unpaired) electrons. The minimum atomic E-state index is 0.0130. The molecule has 0 amide bonds. The predicted molar refractivity (Wildman–Crippen MR) is 201 cm³/mol. The van der Waals surface area contributed by atoms with E-state index in [1.807, 2.05) is 74.4 Å². The Morgan fingerprint density at radius 2 is 0.444 bits per heavy atom. The fraction of sp³-hybridized carbons (Fsp3) is 0.286. The first kappa shape index (κ1) is 33.2. The highest BCUT2D eigenvalue weighted by Gasteiger charge is 2.71. The van der Waals surface area contributed by atoms with Crippen LogP contribution in [0.2, 0.25) is 0 Å².